The zero-order valence-corrected chi connectivity index (χ0v) is 13.2. The molecule has 3 nitrogen and oxygen atoms in total. The smallest absolute Gasteiger partial charge is 0.323 e. The number of ether oxygens (including phenoxy) is 1. The molecule has 0 saturated heterocycles. The van der Waals surface area contributed by atoms with Crippen LogP contribution < -0.4 is 5.32 Å². The van der Waals surface area contributed by atoms with E-state index in [1.165, 1.54) is 0 Å². The molecule has 1 N–H and O–H groups in total. The Balaban J connectivity index is 1.96. The Morgan fingerprint density at radius 1 is 0.955 bits per heavy atom. The number of carbonyl (C=O) groups is 1. The lowest BCUT2D eigenvalue weighted by atomic mass is 10.1. The molecule has 22 heavy (non-hydrogen) atoms. The fourth-order valence-electron chi connectivity index (χ4n) is 2.29. The fourth-order valence-corrected chi connectivity index (χ4v) is 2.29. The molecule has 0 aliphatic carbocycles. The second kappa shape index (κ2) is 8.35. The van der Waals surface area contributed by atoms with Crippen LogP contribution in [0.1, 0.15) is 25.0 Å². The van der Waals surface area contributed by atoms with E-state index in [0.29, 0.717) is 13.0 Å². The van der Waals surface area contributed by atoms with Crippen molar-refractivity contribution in [2.24, 2.45) is 0 Å². The highest BCUT2D eigenvalue weighted by Gasteiger charge is 2.21. The monoisotopic (exact) mass is 297 g/mol. The summed E-state index contributed by atoms with van der Waals surface area (Å²) >= 11 is 0. The van der Waals surface area contributed by atoms with Crippen molar-refractivity contribution in [3.63, 3.8) is 0 Å². The van der Waals surface area contributed by atoms with Crippen molar-refractivity contribution < 1.29 is 9.53 Å². The lowest BCUT2D eigenvalue weighted by molar-refractivity contribution is -0.147. The first-order valence-electron chi connectivity index (χ1n) is 7.65. The van der Waals surface area contributed by atoms with Crippen molar-refractivity contribution >= 4 is 5.97 Å². The van der Waals surface area contributed by atoms with Gasteiger partial charge in [0.15, 0.2) is 0 Å². The second-order valence-electron chi connectivity index (χ2n) is 5.66. The molecule has 1 unspecified atom stereocenters. The van der Waals surface area contributed by atoms with Crippen LogP contribution in [0, 0.1) is 0 Å². The second-order valence-corrected chi connectivity index (χ2v) is 5.66. The molecule has 0 radical (unpaired) electrons. The first kappa shape index (κ1) is 16.2. The van der Waals surface area contributed by atoms with Crippen molar-refractivity contribution in [1.82, 2.24) is 5.32 Å². The topological polar surface area (TPSA) is 38.3 Å². The van der Waals surface area contributed by atoms with Crippen LogP contribution in [0.15, 0.2) is 60.7 Å². The van der Waals surface area contributed by atoms with Crippen LogP contribution in [0.5, 0.6) is 0 Å². The van der Waals surface area contributed by atoms with E-state index in [-0.39, 0.29) is 18.1 Å². The summed E-state index contributed by atoms with van der Waals surface area (Å²) in [5.41, 5.74) is 2.12. The molecule has 0 saturated carbocycles. The molecule has 2 rings (SSSR count). The number of esters is 1. The molecule has 0 heterocycles. The molecule has 0 aliphatic heterocycles. The Morgan fingerprint density at radius 3 is 2.05 bits per heavy atom. The van der Waals surface area contributed by atoms with Crippen molar-refractivity contribution in [3.05, 3.63) is 71.8 Å². The van der Waals surface area contributed by atoms with Gasteiger partial charge in [0.2, 0.25) is 0 Å². The van der Waals surface area contributed by atoms with Gasteiger partial charge in [0.05, 0.1) is 0 Å². The number of benzene rings is 2. The lowest BCUT2D eigenvalue weighted by Gasteiger charge is -2.20. The van der Waals surface area contributed by atoms with Gasteiger partial charge in [0.1, 0.15) is 12.6 Å². The molecule has 2 aromatic carbocycles. The predicted octanol–water partition coefficient (Wildman–Crippen LogP) is 3.34. The first-order chi connectivity index (χ1) is 10.6. The molecule has 0 aliphatic rings. The normalized spacial score (nSPS) is 12.1. The van der Waals surface area contributed by atoms with Crippen molar-refractivity contribution in [1.29, 1.82) is 0 Å². The van der Waals surface area contributed by atoms with Gasteiger partial charge in [-0.25, -0.2) is 0 Å². The van der Waals surface area contributed by atoms with Gasteiger partial charge >= 0.3 is 5.97 Å². The van der Waals surface area contributed by atoms with Crippen LogP contribution in [0.3, 0.4) is 0 Å². The van der Waals surface area contributed by atoms with Gasteiger partial charge in [-0.2, -0.15) is 0 Å². The van der Waals surface area contributed by atoms with E-state index in [2.05, 4.69) is 5.32 Å². The standard InChI is InChI=1S/C19H23NO2/c1-15(2)20-18(13-16-9-5-3-6-10-16)19(21)22-14-17-11-7-4-8-12-17/h3-12,15,18,20H,13-14H2,1-2H3. The molecule has 0 fully saturated rings. The molecule has 3 heteroatoms. The summed E-state index contributed by atoms with van der Waals surface area (Å²) in [6, 6.07) is 19.6. The maximum Gasteiger partial charge on any atom is 0.323 e. The molecule has 1 atom stereocenters. The van der Waals surface area contributed by atoms with Crippen LogP contribution in [0.2, 0.25) is 0 Å². The fraction of sp³-hybridized carbons (Fsp3) is 0.316. The van der Waals surface area contributed by atoms with E-state index < -0.39 is 0 Å². The Bertz CT molecular complexity index is 567. The van der Waals surface area contributed by atoms with Crippen LogP contribution in [0.4, 0.5) is 0 Å². The molecular weight excluding hydrogens is 274 g/mol. The third-order valence-corrected chi connectivity index (χ3v) is 3.33. The van der Waals surface area contributed by atoms with Gasteiger partial charge in [-0.05, 0) is 17.5 Å². The van der Waals surface area contributed by atoms with Gasteiger partial charge < -0.3 is 10.1 Å². The quantitative estimate of drug-likeness (QED) is 0.797. The largest absolute Gasteiger partial charge is 0.460 e. The molecule has 0 bridgehead atoms. The van der Waals surface area contributed by atoms with Gasteiger partial charge in [-0.1, -0.05) is 74.5 Å². The van der Waals surface area contributed by atoms with Gasteiger partial charge in [-0.15, -0.1) is 0 Å². The number of carbonyl (C=O) groups excluding carboxylic acids is 1. The van der Waals surface area contributed by atoms with Crippen LogP contribution in [-0.2, 0) is 22.6 Å². The van der Waals surface area contributed by atoms with Crippen molar-refractivity contribution in [2.75, 3.05) is 0 Å². The number of hydrogen-bond acceptors (Lipinski definition) is 3. The van der Waals surface area contributed by atoms with E-state index in [0.717, 1.165) is 11.1 Å². The van der Waals surface area contributed by atoms with Crippen molar-refractivity contribution in [3.8, 4) is 0 Å². The van der Waals surface area contributed by atoms with Crippen LogP contribution >= 0.6 is 0 Å². The maximum absolute atomic E-state index is 12.4. The van der Waals surface area contributed by atoms with E-state index in [9.17, 15) is 4.79 Å². The third kappa shape index (κ3) is 5.34. The van der Waals surface area contributed by atoms with E-state index in [4.69, 9.17) is 4.74 Å². The van der Waals surface area contributed by atoms with E-state index in [1.54, 1.807) is 0 Å². The third-order valence-electron chi connectivity index (χ3n) is 3.33. The SMILES string of the molecule is CC(C)NC(Cc1ccccc1)C(=O)OCc1ccccc1. The zero-order valence-electron chi connectivity index (χ0n) is 13.2. The number of hydrogen-bond donors (Lipinski definition) is 1. The maximum atomic E-state index is 12.4. The summed E-state index contributed by atoms with van der Waals surface area (Å²) in [7, 11) is 0. The van der Waals surface area contributed by atoms with Crippen LogP contribution in [0.25, 0.3) is 0 Å². The minimum Gasteiger partial charge on any atom is -0.460 e. The van der Waals surface area contributed by atoms with E-state index >= 15 is 0 Å². The lowest BCUT2D eigenvalue weighted by Crippen LogP contribution is -2.43. The summed E-state index contributed by atoms with van der Waals surface area (Å²) in [6.45, 7) is 4.37. The molecule has 0 spiro atoms. The summed E-state index contributed by atoms with van der Waals surface area (Å²) in [6.07, 6.45) is 0.632. The number of rotatable bonds is 7. The van der Waals surface area contributed by atoms with Gasteiger partial charge in [0, 0.05) is 6.04 Å². The summed E-state index contributed by atoms with van der Waals surface area (Å²) in [5.74, 6) is -0.207. The molecule has 0 aromatic heterocycles. The molecular formula is C19H23NO2. The van der Waals surface area contributed by atoms with E-state index in [1.807, 2.05) is 74.5 Å². The Morgan fingerprint density at radius 2 is 1.50 bits per heavy atom. The minimum absolute atomic E-state index is 0.207. The highest BCUT2D eigenvalue weighted by Crippen LogP contribution is 2.08. The Hall–Kier alpha value is -2.13. The highest BCUT2D eigenvalue weighted by molar-refractivity contribution is 5.76. The first-order valence-corrected chi connectivity index (χ1v) is 7.65. The predicted molar refractivity (Wildman–Crippen MR) is 88.4 cm³/mol. The summed E-state index contributed by atoms with van der Waals surface area (Å²) in [4.78, 5) is 12.4. The summed E-state index contributed by atoms with van der Waals surface area (Å²) in [5, 5.41) is 3.29. The van der Waals surface area contributed by atoms with Crippen LogP contribution in [-0.4, -0.2) is 18.1 Å². The number of nitrogens with one attached hydrogen (secondary N) is 1. The van der Waals surface area contributed by atoms with Gasteiger partial charge in [-0.3, -0.25) is 4.79 Å². The molecule has 0 amide bonds. The molecule has 116 valence electrons. The zero-order chi connectivity index (χ0) is 15.8. The van der Waals surface area contributed by atoms with Gasteiger partial charge in [0.25, 0.3) is 0 Å². The summed E-state index contributed by atoms with van der Waals surface area (Å²) < 4.78 is 5.46. The Labute approximate surface area is 132 Å². The molecule has 2 aromatic rings. The average Bonchev–Trinajstić information content (AvgIpc) is 2.53. The minimum atomic E-state index is -0.328. The Kier molecular flexibility index (Phi) is 6.16. The average molecular weight is 297 g/mol. The highest BCUT2D eigenvalue weighted by atomic mass is 16.5. The van der Waals surface area contributed by atoms with Crippen molar-refractivity contribution in [2.45, 2.75) is 39.0 Å².